The molecule has 80 valence electrons. The fourth-order valence-corrected chi connectivity index (χ4v) is 2.49. The predicted octanol–water partition coefficient (Wildman–Crippen LogP) is 4.08. The number of fused-ring (bicyclic) bond motifs is 1. The van der Waals surface area contributed by atoms with Crippen LogP contribution in [-0.2, 0) is 5.41 Å². The zero-order valence-electron chi connectivity index (χ0n) is 10.2. The molecule has 1 N–H and O–H groups in total. The minimum Gasteiger partial charge on any atom is -0.358 e. The first-order chi connectivity index (χ1) is 6.91. The molecule has 1 aromatic heterocycles. The van der Waals surface area contributed by atoms with Crippen molar-refractivity contribution in [1.29, 1.82) is 0 Å². The van der Waals surface area contributed by atoms with Crippen molar-refractivity contribution in [2.75, 3.05) is 0 Å². The Bertz CT molecular complexity index is 498. The van der Waals surface area contributed by atoms with Crippen molar-refractivity contribution in [3.05, 3.63) is 35.0 Å². The number of aromatic nitrogens is 1. The molecule has 15 heavy (non-hydrogen) atoms. The highest BCUT2D eigenvalue weighted by Crippen LogP contribution is 2.34. The monoisotopic (exact) mass is 201 g/mol. The lowest BCUT2D eigenvalue weighted by Crippen LogP contribution is -2.12. The third-order valence-corrected chi connectivity index (χ3v) is 2.97. The van der Waals surface area contributed by atoms with E-state index in [4.69, 9.17) is 0 Å². The lowest BCUT2D eigenvalue weighted by Gasteiger charge is -2.20. The van der Waals surface area contributed by atoms with Gasteiger partial charge in [-0.2, -0.15) is 0 Å². The molecule has 0 radical (unpaired) electrons. The van der Waals surface area contributed by atoms with Gasteiger partial charge in [-0.25, -0.2) is 0 Å². The second-order valence-corrected chi connectivity index (χ2v) is 5.37. The van der Waals surface area contributed by atoms with Gasteiger partial charge in [0.25, 0.3) is 0 Å². The minimum atomic E-state index is 0.203. The molecule has 0 saturated heterocycles. The summed E-state index contributed by atoms with van der Waals surface area (Å²) in [4.78, 5) is 3.47. The number of hydrogen-bond acceptors (Lipinski definition) is 0. The summed E-state index contributed by atoms with van der Waals surface area (Å²) in [5, 5.41) is 1.41. The van der Waals surface area contributed by atoms with Gasteiger partial charge < -0.3 is 4.98 Å². The van der Waals surface area contributed by atoms with Crippen molar-refractivity contribution in [3.63, 3.8) is 0 Å². The smallest absolute Gasteiger partial charge is 0.0461 e. The molecule has 0 atom stereocenters. The van der Waals surface area contributed by atoms with Crippen LogP contribution in [0.25, 0.3) is 10.9 Å². The van der Waals surface area contributed by atoms with Crippen LogP contribution in [-0.4, -0.2) is 4.98 Å². The Morgan fingerprint density at radius 1 is 1.07 bits per heavy atom. The predicted molar refractivity (Wildman–Crippen MR) is 66.5 cm³/mol. The van der Waals surface area contributed by atoms with Crippen LogP contribution in [0, 0.1) is 13.8 Å². The number of benzene rings is 1. The Kier molecular flexibility index (Phi) is 2.14. The van der Waals surface area contributed by atoms with E-state index in [-0.39, 0.29) is 5.41 Å². The van der Waals surface area contributed by atoms with Crippen molar-refractivity contribution in [2.45, 2.75) is 40.0 Å². The Morgan fingerprint density at radius 3 is 2.33 bits per heavy atom. The third-order valence-electron chi connectivity index (χ3n) is 2.97. The van der Waals surface area contributed by atoms with Crippen molar-refractivity contribution in [3.8, 4) is 0 Å². The summed E-state index contributed by atoms with van der Waals surface area (Å²) in [5.74, 6) is 0. The number of hydrogen-bond donors (Lipinski definition) is 1. The van der Waals surface area contributed by atoms with Crippen LogP contribution in [0.5, 0.6) is 0 Å². The molecule has 1 nitrogen and oxygen atoms in total. The molecule has 2 aromatic rings. The molecule has 1 heteroatoms. The van der Waals surface area contributed by atoms with Crippen molar-refractivity contribution < 1.29 is 0 Å². The second-order valence-electron chi connectivity index (χ2n) is 5.37. The van der Waals surface area contributed by atoms with E-state index in [1.54, 1.807) is 0 Å². The lowest BCUT2D eigenvalue weighted by atomic mass is 9.84. The summed E-state index contributed by atoms with van der Waals surface area (Å²) in [6, 6.07) is 6.45. The van der Waals surface area contributed by atoms with E-state index in [1.165, 1.54) is 27.7 Å². The van der Waals surface area contributed by atoms with E-state index >= 15 is 0 Å². The number of rotatable bonds is 0. The van der Waals surface area contributed by atoms with E-state index < -0.39 is 0 Å². The molecule has 0 unspecified atom stereocenters. The van der Waals surface area contributed by atoms with Gasteiger partial charge in [-0.3, -0.25) is 0 Å². The highest BCUT2D eigenvalue weighted by atomic mass is 14.7. The van der Waals surface area contributed by atoms with Crippen LogP contribution in [0.3, 0.4) is 0 Å². The minimum absolute atomic E-state index is 0.203. The molecule has 0 aliphatic heterocycles. The van der Waals surface area contributed by atoms with Gasteiger partial charge in [0.1, 0.15) is 0 Å². The Labute approximate surface area is 91.5 Å². The van der Waals surface area contributed by atoms with Crippen LogP contribution in [0.2, 0.25) is 0 Å². The summed E-state index contributed by atoms with van der Waals surface area (Å²) in [7, 11) is 0. The van der Waals surface area contributed by atoms with Crippen LogP contribution in [0.15, 0.2) is 18.2 Å². The molecule has 0 aliphatic rings. The summed E-state index contributed by atoms with van der Waals surface area (Å²) < 4.78 is 0. The van der Waals surface area contributed by atoms with Crippen LogP contribution in [0.4, 0.5) is 0 Å². The van der Waals surface area contributed by atoms with E-state index in [1.807, 2.05) is 0 Å². The summed E-state index contributed by atoms with van der Waals surface area (Å²) in [6.07, 6.45) is 0. The number of nitrogens with one attached hydrogen (secondary N) is 1. The zero-order chi connectivity index (χ0) is 11.2. The first-order valence-electron chi connectivity index (χ1n) is 5.49. The second kappa shape index (κ2) is 3.13. The summed E-state index contributed by atoms with van der Waals surface area (Å²) in [5.41, 5.74) is 5.58. The first-order valence-corrected chi connectivity index (χ1v) is 5.49. The summed E-state index contributed by atoms with van der Waals surface area (Å²) >= 11 is 0. The Balaban J connectivity index is 2.89. The molecule has 0 bridgehead atoms. The van der Waals surface area contributed by atoms with Gasteiger partial charge in [0, 0.05) is 16.6 Å². The zero-order valence-corrected chi connectivity index (χ0v) is 10.2. The van der Waals surface area contributed by atoms with Gasteiger partial charge in [-0.15, -0.1) is 0 Å². The molecule has 2 rings (SSSR count). The molecule has 1 aromatic carbocycles. The molecule has 0 spiro atoms. The molecular formula is C14H19N. The van der Waals surface area contributed by atoms with Gasteiger partial charge in [0.05, 0.1) is 0 Å². The van der Waals surface area contributed by atoms with E-state index in [0.29, 0.717) is 0 Å². The molecule has 0 saturated carbocycles. The van der Waals surface area contributed by atoms with Gasteiger partial charge in [-0.05, 0) is 36.5 Å². The highest BCUT2D eigenvalue weighted by molar-refractivity contribution is 5.88. The van der Waals surface area contributed by atoms with Gasteiger partial charge in [-0.1, -0.05) is 32.9 Å². The molecular weight excluding hydrogens is 182 g/mol. The fraction of sp³-hybridized carbons (Fsp3) is 0.429. The van der Waals surface area contributed by atoms with Crippen molar-refractivity contribution in [2.24, 2.45) is 0 Å². The van der Waals surface area contributed by atoms with Crippen LogP contribution in [0.1, 0.15) is 37.6 Å². The van der Waals surface area contributed by atoms with Crippen LogP contribution >= 0.6 is 0 Å². The molecule has 0 fully saturated rings. The number of H-pyrrole nitrogens is 1. The van der Waals surface area contributed by atoms with Crippen molar-refractivity contribution >= 4 is 10.9 Å². The first kappa shape index (κ1) is 10.3. The van der Waals surface area contributed by atoms with E-state index in [0.717, 1.165) is 0 Å². The average Bonchev–Trinajstić information content (AvgIpc) is 2.41. The van der Waals surface area contributed by atoms with E-state index in [2.05, 4.69) is 57.8 Å². The maximum Gasteiger partial charge on any atom is 0.0461 e. The van der Waals surface area contributed by atoms with E-state index in [9.17, 15) is 0 Å². The Hall–Kier alpha value is -1.24. The standard InChI is InChI=1S/C14H19N/c1-9-7-6-8-11-12(9)13(10(2)15-11)14(3,4)5/h6-8,15H,1-5H3. The Morgan fingerprint density at radius 2 is 1.73 bits per heavy atom. The summed E-state index contributed by atoms with van der Waals surface area (Å²) in [6.45, 7) is 11.2. The van der Waals surface area contributed by atoms with Gasteiger partial charge in [0.2, 0.25) is 0 Å². The van der Waals surface area contributed by atoms with Gasteiger partial charge >= 0.3 is 0 Å². The molecule has 1 heterocycles. The van der Waals surface area contributed by atoms with Crippen molar-refractivity contribution in [1.82, 2.24) is 4.98 Å². The normalized spacial score (nSPS) is 12.3. The van der Waals surface area contributed by atoms with Gasteiger partial charge in [0.15, 0.2) is 0 Å². The maximum absolute atomic E-state index is 3.47. The molecule has 0 aliphatic carbocycles. The molecule has 0 amide bonds. The fourth-order valence-electron chi connectivity index (χ4n) is 2.49. The number of aromatic amines is 1. The highest BCUT2D eigenvalue weighted by Gasteiger charge is 2.21. The maximum atomic E-state index is 3.47. The lowest BCUT2D eigenvalue weighted by molar-refractivity contribution is 0.591. The SMILES string of the molecule is Cc1[nH]c2cccc(C)c2c1C(C)(C)C. The van der Waals surface area contributed by atoms with Crippen LogP contribution < -0.4 is 0 Å². The largest absolute Gasteiger partial charge is 0.358 e. The quantitative estimate of drug-likeness (QED) is 0.661. The average molecular weight is 201 g/mol. The topological polar surface area (TPSA) is 15.8 Å². The third kappa shape index (κ3) is 1.56. The number of aryl methyl sites for hydroxylation is 2.